The van der Waals surface area contributed by atoms with Crippen LogP contribution in [0.4, 0.5) is 15.2 Å². The lowest BCUT2D eigenvalue weighted by molar-refractivity contribution is 0.571. The molecule has 3 N–H and O–H groups in total. The van der Waals surface area contributed by atoms with Gasteiger partial charge in [0.1, 0.15) is 11.2 Å². The number of halogens is 2. The number of rotatable bonds is 6. The van der Waals surface area contributed by atoms with E-state index in [1.54, 1.807) is 0 Å². The van der Waals surface area contributed by atoms with E-state index in [9.17, 15) is 12.8 Å². The van der Waals surface area contributed by atoms with Crippen LogP contribution in [0.25, 0.3) is 0 Å². The number of nitrogens with zero attached hydrogens (tertiary/aromatic N) is 2. The van der Waals surface area contributed by atoms with Gasteiger partial charge in [-0.2, -0.15) is 4.37 Å². The van der Waals surface area contributed by atoms with Gasteiger partial charge in [0, 0.05) is 16.6 Å². The molecular weight excluding hydrogens is 351 g/mol. The first-order valence-electron chi connectivity index (χ1n) is 6.42. The predicted molar refractivity (Wildman–Crippen MR) is 85.2 cm³/mol. The third-order valence-corrected chi connectivity index (χ3v) is 5.36. The van der Waals surface area contributed by atoms with Crippen molar-refractivity contribution in [2.45, 2.75) is 31.1 Å². The highest BCUT2D eigenvalue weighted by molar-refractivity contribution is 7.93. The molecule has 10 heteroatoms. The van der Waals surface area contributed by atoms with Gasteiger partial charge in [-0.15, -0.1) is 0 Å². The van der Waals surface area contributed by atoms with Crippen molar-refractivity contribution in [2.24, 2.45) is 0 Å². The third-order valence-electron chi connectivity index (χ3n) is 2.98. The van der Waals surface area contributed by atoms with Crippen LogP contribution in [0, 0.1) is 5.82 Å². The van der Waals surface area contributed by atoms with Crippen LogP contribution in [0.2, 0.25) is 5.02 Å². The molecule has 0 saturated carbocycles. The molecule has 1 heterocycles. The molecular formula is C12H14ClFN4O2S2. The Hall–Kier alpha value is -1.45. The van der Waals surface area contributed by atoms with E-state index in [4.69, 9.17) is 17.3 Å². The van der Waals surface area contributed by atoms with Gasteiger partial charge in [-0.1, -0.05) is 24.9 Å². The molecule has 0 amide bonds. The number of aromatic nitrogens is 2. The summed E-state index contributed by atoms with van der Waals surface area (Å²) >= 11 is 6.90. The minimum absolute atomic E-state index is 0.0316. The summed E-state index contributed by atoms with van der Waals surface area (Å²) in [6.07, 6.45) is 3.34. The predicted octanol–water partition coefficient (Wildman–Crippen LogP) is 3.06. The van der Waals surface area contributed by atoms with Gasteiger partial charge in [0.15, 0.2) is 5.82 Å². The molecule has 0 aliphatic carbocycles. The van der Waals surface area contributed by atoms with Crippen molar-refractivity contribution in [2.75, 3.05) is 10.5 Å². The quantitative estimate of drug-likeness (QED) is 0.767. The van der Waals surface area contributed by atoms with Crippen LogP contribution in [-0.2, 0) is 16.4 Å². The van der Waals surface area contributed by atoms with Gasteiger partial charge in [-0.05, 0) is 24.5 Å². The Morgan fingerprint density at radius 2 is 2.23 bits per heavy atom. The Bertz CT molecular complexity index is 766. The monoisotopic (exact) mass is 364 g/mol. The second-order valence-corrected chi connectivity index (χ2v) is 7.36. The minimum atomic E-state index is -4.18. The SMILES string of the molecule is CCCCc1c(Cl)cc(S(=O)(=O)Nc2ncns2)c(F)c1N. The van der Waals surface area contributed by atoms with E-state index in [1.165, 1.54) is 6.33 Å². The maximum atomic E-state index is 14.4. The van der Waals surface area contributed by atoms with Crippen molar-refractivity contribution in [1.82, 2.24) is 9.36 Å². The Labute approximate surface area is 136 Å². The molecule has 0 saturated heterocycles. The Morgan fingerprint density at radius 3 is 2.82 bits per heavy atom. The molecule has 120 valence electrons. The molecule has 0 atom stereocenters. The van der Waals surface area contributed by atoms with Crippen molar-refractivity contribution < 1.29 is 12.8 Å². The average molecular weight is 365 g/mol. The minimum Gasteiger partial charge on any atom is -0.396 e. The summed E-state index contributed by atoms with van der Waals surface area (Å²) < 4.78 is 44.6. The van der Waals surface area contributed by atoms with E-state index in [-0.39, 0.29) is 15.8 Å². The Morgan fingerprint density at radius 1 is 1.50 bits per heavy atom. The third kappa shape index (κ3) is 3.47. The van der Waals surface area contributed by atoms with Crippen LogP contribution < -0.4 is 10.5 Å². The highest BCUT2D eigenvalue weighted by Crippen LogP contribution is 2.32. The summed E-state index contributed by atoms with van der Waals surface area (Å²) in [6.45, 7) is 1.98. The summed E-state index contributed by atoms with van der Waals surface area (Å²) in [6, 6.07) is 1.07. The zero-order valence-corrected chi connectivity index (χ0v) is 14.0. The fourth-order valence-electron chi connectivity index (χ4n) is 1.85. The van der Waals surface area contributed by atoms with Crippen molar-refractivity contribution in [3.8, 4) is 0 Å². The number of unbranched alkanes of at least 4 members (excludes halogenated alkanes) is 1. The summed E-state index contributed by atoms with van der Waals surface area (Å²) in [4.78, 5) is 3.08. The maximum Gasteiger partial charge on any atom is 0.266 e. The number of nitrogens with two attached hydrogens (primary N) is 1. The van der Waals surface area contributed by atoms with Gasteiger partial charge in [-0.25, -0.2) is 17.8 Å². The van der Waals surface area contributed by atoms with E-state index >= 15 is 0 Å². The van der Waals surface area contributed by atoms with Crippen molar-refractivity contribution in [3.05, 3.63) is 28.8 Å². The molecule has 0 bridgehead atoms. The fourth-order valence-corrected chi connectivity index (χ4v) is 4.00. The van der Waals surface area contributed by atoms with Gasteiger partial charge in [-0.3, -0.25) is 4.72 Å². The van der Waals surface area contributed by atoms with Crippen LogP contribution in [-0.4, -0.2) is 17.8 Å². The van der Waals surface area contributed by atoms with Gasteiger partial charge >= 0.3 is 0 Å². The molecule has 0 unspecified atom stereocenters. The second kappa shape index (κ2) is 6.76. The second-order valence-electron chi connectivity index (χ2n) is 4.52. The van der Waals surface area contributed by atoms with Gasteiger partial charge in [0.25, 0.3) is 10.0 Å². The molecule has 0 fully saturated rings. The first kappa shape index (κ1) is 16.9. The standard InChI is InChI=1S/C12H14ClFN4O2S2/c1-2-3-4-7-8(13)5-9(10(14)11(7)15)22(19,20)18-12-16-6-17-21-12/h5-6H,2-4,15H2,1H3,(H,16,17,18). The molecule has 0 spiro atoms. The number of benzene rings is 1. The largest absolute Gasteiger partial charge is 0.396 e. The highest BCUT2D eigenvalue weighted by atomic mass is 35.5. The number of sulfonamides is 1. The molecule has 22 heavy (non-hydrogen) atoms. The Kier molecular flexibility index (Phi) is 5.20. The molecule has 2 rings (SSSR count). The maximum absolute atomic E-state index is 14.4. The van der Waals surface area contributed by atoms with Gasteiger partial charge < -0.3 is 5.73 Å². The van der Waals surface area contributed by atoms with E-state index in [0.29, 0.717) is 12.0 Å². The zero-order chi connectivity index (χ0) is 16.3. The lowest BCUT2D eigenvalue weighted by atomic mass is 10.1. The van der Waals surface area contributed by atoms with Crippen LogP contribution in [0.5, 0.6) is 0 Å². The fraction of sp³-hybridized carbons (Fsp3) is 0.333. The van der Waals surface area contributed by atoms with E-state index in [2.05, 4.69) is 14.1 Å². The van der Waals surface area contributed by atoms with E-state index < -0.39 is 20.7 Å². The summed E-state index contributed by atoms with van der Waals surface area (Å²) in [5.74, 6) is -1.01. The van der Waals surface area contributed by atoms with Crippen molar-refractivity contribution >= 4 is 44.0 Å². The molecule has 0 aliphatic rings. The first-order valence-corrected chi connectivity index (χ1v) is 9.06. The van der Waals surface area contributed by atoms with Crippen LogP contribution in [0.15, 0.2) is 17.3 Å². The lowest BCUT2D eigenvalue weighted by Gasteiger charge is -2.13. The smallest absolute Gasteiger partial charge is 0.266 e. The summed E-state index contributed by atoms with van der Waals surface area (Å²) in [5.41, 5.74) is 5.91. The topological polar surface area (TPSA) is 98.0 Å². The summed E-state index contributed by atoms with van der Waals surface area (Å²) in [5, 5.41) is 0.161. The van der Waals surface area contributed by atoms with Crippen LogP contribution in [0.3, 0.4) is 0 Å². The molecule has 2 aromatic rings. The number of hydrogen-bond acceptors (Lipinski definition) is 6. The molecule has 1 aromatic heterocycles. The van der Waals surface area contributed by atoms with E-state index in [0.717, 1.165) is 30.4 Å². The summed E-state index contributed by atoms with van der Waals surface area (Å²) in [7, 11) is -4.18. The number of anilines is 2. The highest BCUT2D eigenvalue weighted by Gasteiger charge is 2.25. The number of hydrogen-bond donors (Lipinski definition) is 2. The van der Waals surface area contributed by atoms with Gasteiger partial charge in [0.05, 0.1) is 5.69 Å². The number of nitrogen functional groups attached to an aromatic ring is 1. The average Bonchev–Trinajstić information content (AvgIpc) is 2.94. The van der Waals surface area contributed by atoms with Gasteiger partial charge in [0.2, 0.25) is 5.13 Å². The van der Waals surface area contributed by atoms with E-state index in [1.807, 2.05) is 6.92 Å². The first-order chi connectivity index (χ1) is 10.4. The lowest BCUT2D eigenvalue weighted by Crippen LogP contribution is -2.16. The normalized spacial score (nSPS) is 11.6. The van der Waals surface area contributed by atoms with Crippen LogP contribution >= 0.6 is 23.1 Å². The molecule has 0 radical (unpaired) electrons. The number of nitrogens with one attached hydrogen (secondary N) is 1. The molecule has 0 aliphatic heterocycles. The Balaban J connectivity index is 2.43. The van der Waals surface area contributed by atoms with Crippen molar-refractivity contribution in [3.63, 3.8) is 0 Å². The molecule has 6 nitrogen and oxygen atoms in total. The zero-order valence-electron chi connectivity index (χ0n) is 11.6. The molecule has 1 aromatic carbocycles. The van der Waals surface area contributed by atoms with Crippen molar-refractivity contribution in [1.29, 1.82) is 0 Å². The van der Waals surface area contributed by atoms with Crippen LogP contribution in [0.1, 0.15) is 25.3 Å².